The van der Waals surface area contributed by atoms with E-state index in [0.29, 0.717) is 0 Å². The van der Waals surface area contributed by atoms with Gasteiger partial charge in [-0.1, -0.05) is 31.5 Å². The van der Waals surface area contributed by atoms with Gasteiger partial charge in [-0.25, -0.2) is 0 Å². The van der Waals surface area contributed by atoms with Crippen molar-refractivity contribution in [3.8, 4) is 0 Å². The van der Waals surface area contributed by atoms with Gasteiger partial charge in [-0.3, -0.25) is 0 Å². The van der Waals surface area contributed by atoms with E-state index >= 15 is 0 Å². The molecule has 0 aliphatic rings. The molecule has 0 nitrogen and oxygen atoms in total. The summed E-state index contributed by atoms with van der Waals surface area (Å²) in [5.74, 6) is 0. The molecule has 0 unspecified atom stereocenters. The van der Waals surface area contributed by atoms with Gasteiger partial charge < -0.3 is 0 Å². The first-order chi connectivity index (χ1) is 6.00. The van der Waals surface area contributed by atoms with Crippen LogP contribution in [0, 0.1) is 6.92 Å². The molecule has 0 atom stereocenters. The summed E-state index contributed by atoms with van der Waals surface area (Å²) in [4.78, 5) is 0. The van der Waals surface area contributed by atoms with Crippen LogP contribution in [0.3, 0.4) is 0 Å². The normalized spacial score (nSPS) is 10.3. The molecule has 0 aliphatic heterocycles. The summed E-state index contributed by atoms with van der Waals surface area (Å²) in [6, 6.07) is 5.05. The van der Waals surface area contributed by atoms with Gasteiger partial charge in [0.25, 0.3) is 0 Å². The first-order valence-electron chi connectivity index (χ1n) is 4.14. The summed E-state index contributed by atoms with van der Waals surface area (Å²) in [5, 5.41) is 0. The highest BCUT2D eigenvalue weighted by molar-refractivity contribution is 5.23. The molecule has 0 saturated heterocycles. The zero-order valence-corrected chi connectivity index (χ0v) is 7.94. The number of aryl methyl sites for hydroxylation is 1. The number of hydrogen-bond donors (Lipinski definition) is 0. The molecule has 0 aromatic heterocycles. The lowest BCUT2D eigenvalue weighted by molar-refractivity contribution is -0.137. The van der Waals surface area contributed by atoms with Crippen molar-refractivity contribution < 1.29 is 13.2 Å². The second-order valence-electron chi connectivity index (χ2n) is 2.36. The standard InChI is InChI=1S/C8H7F3.C2H6/c1-6-2-4-7(5-3-6)8(9,10)11;1-2/h2-5H,1H3;1-2H3. The molecule has 1 rings (SSSR count). The Balaban J connectivity index is 0.000000671. The molecule has 0 amide bonds. The number of benzene rings is 1. The fourth-order valence-corrected chi connectivity index (χ4v) is 0.743. The van der Waals surface area contributed by atoms with Crippen LogP contribution in [0.15, 0.2) is 24.3 Å². The van der Waals surface area contributed by atoms with Crippen LogP contribution in [-0.4, -0.2) is 0 Å². The van der Waals surface area contributed by atoms with Crippen LogP contribution in [-0.2, 0) is 6.18 Å². The smallest absolute Gasteiger partial charge is 0.166 e. The number of halogens is 3. The maximum absolute atomic E-state index is 11.9. The number of rotatable bonds is 0. The molecule has 74 valence electrons. The Hall–Kier alpha value is -0.990. The number of hydrogen-bond acceptors (Lipinski definition) is 0. The zero-order chi connectivity index (χ0) is 10.5. The fourth-order valence-electron chi connectivity index (χ4n) is 0.743. The second-order valence-corrected chi connectivity index (χ2v) is 2.36. The van der Waals surface area contributed by atoms with Crippen LogP contribution in [0.2, 0.25) is 0 Å². The van der Waals surface area contributed by atoms with Gasteiger partial charge in [0.2, 0.25) is 0 Å². The predicted octanol–water partition coefficient (Wildman–Crippen LogP) is 4.04. The molecule has 0 N–H and O–H groups in total. The Bertz CT molecular complexity index is 233. The third-order valence-electron chi connectivity index (χ3n) is 1.38. The summed E-state index contributed by atoms with van der Waals surface area (Å²) < 4.78 is 35.8. The lowest BCUT2D eigenvalue weighted by Gasteiger charge is -2.05. The van der Waals surface area contributed by atoms with Gasteiger partial charge in [0, 0.05) is 0 Å². The second kappa shape index (κ2) is 4.90. The largest absolute Gasteiger partial charge is 0.416 e. The maximum atomic E-state index is 11.9. The molecule has 1 aromatic carbocycles. The molecule has 0 aliphatic carbocycles. The lowest BCUT2D eigenvalue weighted by Crippen LogP contribution is -2.03. The highest BCUT2D eigenvalue weighted by Crippen LogP contribution is 2.28. The van der Waals surface area contributed by atoms with Gasteiger partial charge in [0.1, 0.15) is 0 Å². The van der Waals surface area contributed by atoms with Crippen molar-refractivity contribution >= 4 is 0 Å². The Labute approximate surface area is 76.4 Å². The summed E-state index contributed by atoms with van der Waals surface area (Å²) in [7, 11) is 0. The van der Waals surface area contributed by atoms with E-state index in [1.165, 1.54) is 12.1 Å². The van der Waals surface area contributed by atoms with E-state index in [-0.39, 0.29) is 0 Å². The Morgan fingerprint density at radius 3 is 1.62 bits per heavy atom. The SMILES string of the molecule is CC.Cc1ccc(C(F)(F)F)cc1. The van der Waals surface area contributed by atoms with E-state index < -0.39 is 11.7 Å². The monoisotopic (exact) mass is 190 g/mol. The summed E-state index contributed by atoms with van der Waals surface area (Å²) in [6.07, 6.45) is -4.21. The van der Waals surface area contributed by atoms with Crippen LogP contribution >= 0.6 is 0 Å². The Morgan fingerprint density at radius 2 is 1.31 bits per heavy atom. The summed E-state index contributed by atoms with van der Waals surface area (Å²) in [6.45, 7) is 5.75. The van der Waals surface area contributed by atoms with Crippen molar-refractivity contribution in [3.63, 3.8) is 0 Å². The first kappa shape index (κ1) is 12.0. The van der Waals surface area contributed by atoms with E-state index in [1.54, 1.807) is 6.92 Å². The van der Waals surface area contributed by atoms with E-state index in [4.69, 9.17) is 0 Å². The minimum Gasteiger partial charge on any atom is -0.166 e. The van der Waals surface area contributed by atoms with Crippen molar-refractivity contribution in [2.24, 2.45) is 0 Å². The molecule has 0 bridgehead atoms. The van der Waals surface area contributed by atoms with Crippen LogP contribution in [0.5, 0.6) is 0 Å². The van der Waals surface area contributed by atoms with E-state index in [9.17, 15) is 13.2 Å². The average Bonchev–Trinajstić information content (AvgIpc) is 2.07. The Kier molecular flexibility index (Phi) is 4.52. The van der Waals surface area contributed by atoms with Crippen LogP contribution in [0.25, 0.3) is 0 Å². The number of alkyl halides is 3. The van der Waals surface area contributed by atoms with E-state index in [1.807, 2.05) is 13.8 Å². The molecular formula is C10H13F3. The molecular weight excluding hydrogens is 177 g/mol. The molecule has 0 heterocycles. The molecule has 0 saturated carbocycles. The first-order valence-corrected chi connectivity index (χ1v) is 4.14. The van der Waals surface area contributed by atoms with Crippen LogP contribution in [0.4, 0.5) is 13.2 Å². The molecule has 0 fully saturated rings. The van der Waals surface area contributed by atoms with Crippen LogP contribution in [0.1, 0.15) is 25.0 Å². The average molecular weight is 190 g/mol. The maximum Gasteiger partial charge on any atom is 0.416 e. The molecule has 0 radical (unpaired) electrons. The highest BCUT2D eigenvalue weighted by atomic mass is 19.4. The third kappa shape index (κ3) is 3.97. The van der Waals surface area contributed by atoms with Crippen molar-refractivity contribution in [2.45, 2.75) is 26.9 Å². The van der Waals surface area contributed by atoms with Crippen LogP contribution < -0.4 is 0 Å². The predicted molar refractivity (Wildman–Crippen MR) is 47.5 cm³/mol. The molecule has 0 spiro atoms. The minimum atomic E-state index is -4.21. The molecule has 3 heteroatoms. The van der Waals surface area contributed by atoms with E-state index in [2.05, 4.69) is 0 Å². The summed E-state index contributed by atoms with van der Waals surface area (Å²) >= 11 is 0. The fraction of sp³-hybridized carbons (Fsp3) is 0.400. The topological polar surface area (TPSA) is 0 Å². The third-order valence-corrected chi connectivity index (χ3v) is 1.38. The Morgan fingerprint density at radius 1 is 0.923 bits per heavy atom. The summed E-state index contributed by atoms with van der Waals surface area (Å²) in [5.41, 5.74) is 0.237. The molecule has 13 heavy (non-hydrogen) atoms. The van der Waals surface area contributed by atoms with Crippen molar-refractivity contribution in [2.75, 3.05) is 0 Å². The van der Waals surface area contributed by atoms with Gasteiger partial charge in [-0.2, -0.15) is 13.2 Å². The van der Waals surface area contributed by atoms with Crippen molar-refractivity contribution in [1.82, 2.24) is 0 Å². The van der Waals surface area contributed by atoms with E-state index in [0.717, 1.165) is 17.7 Å². The van der Waals surface area contributed by atoms with Crippen molar-refractivity contribution in [1.29, 1.82) is 0 Å². The minimum absolute atomic E-state index is 0.594. The zero-order valence-electron chi connectivity index (χ0n) is 7.94. The van der Waals surface area contributed by atoms with Gasteiger partial charge in [0.15, 0.2) is 0 Å². The van der Waals surface area contributed by atoms with Gasteiger partial charge in [-0.05, 0) is 19.1 Å². The van der Waals surface area contributed by atoms with Gasteiger partial charge >= 0.3 is 6.18 Å². The highest BCUT2D eigenvalue weighted by Gasteiger charge is 2.29. The lowest BCUT2D eigenvalue weighted by atomic mass is 10.1. The van der Waals surface area contributed by atoms with Crippen molar-refractivity contribution in [3.05, 3.63) is 35.4 Å². The van der Waals surface area contributed by atoms with Gasteiger partial charge in [-0.15, -0.1) is 0 Å². The van der Waals surface area contributed by atoms with Gasteiger partial charge in [0.05, 0.1) is 5.56 Å². The molecule has 1 aromatic rings. The quantitative estimate of drug-likeness (QED) is 0.579.